The van der Waals surface area contributed by atoms with Crippen LogP contribution in [0, 0.1) is 6.92 Å². The first-order valence-corrected chi connectivity index (χ1v) is 11.3. The Balaban J connectivity index is 2.36. The Labute approximate surface area is 189 Å². The fourth-order valence-corrected chi connectivity index (χ4v) is 5.59. The minimum atomic E-state index is -4.15. The monoisotopic (exact) mass is 479 g/mol. The molecule has 0 spiro atoms. The van der Waals surface area contributed by atoms with Crippen LogP contribution in [0.4, 0.5) is 0 Å². The molecule has 3 N–H and O–H groups in total. The Kier molecular flexibility index (Phi) is 6.45. The van der Waals surface area contributed by atoms with Gasteiger partial charge in [0.1, 0.15) is 16.3 Å². The average Bonchev–Trinajstić information content (AvgIpc) is 3.03. The van der Waals surface area contributed by atoms with Crippen LogP contribution in [0.5, 0.6) is 0 Å². The summed E-state index contributed by atoms with van der Waals surface area (Å²) in [6, 6.07) is 12.4. The lowest BCUT2D eigenvalue weighted by Gasteiger charge is -2.13. The molecule has 31 heavy (non-hydrogen) atoms. The summed E-state index contributed by atoms with van der Waals surface area (Å²) in [4.78, 5) is 24.8. The van der Waals surface area contributed by atoms with Gasteiger partial charge in [0.05, 0.1) is 11.4 Å². The van der Waals surface area contributed by atoms with Gasteiger partial charge >= 0.3 is 0 Å². The highest BCUT2D eigenvalue weighted by Crippen LogP contribution is 2.33. The van der Waals surface area contributed by atoms with E-state index in [2.05, 4.69) is 5.32 Å². The molecule has 7 nitrogen and oxygen atoms in total. The number of benzene rings is 2. The predicted octanol–water partition coefficient (Wildman–Crippen LogP) is 3.44. The number of rotatable bonds is 6. The first-order valence-electron chi connectivity index (χ1n) is 9.08. The van der Waals surface area contributed by atoms with Crippen LogP contribution in [0.3, 0.4) is 0 Å². The molecule has 162 valence electrons. The van der Waals surface area contributed by atoms with Gasteiger partial charge in [0.2, 0.25) is 9.84 Å². The molecule has 0 bridgehead atoms. The molecule has 3 rings (SSSR count). The van der Waals surface area contributed by atoms with Crippen molar-refractivity contribution in [2.75, 3.05) is 7.05 Å². The zero-order chi connectivity index (χ0) is 22.9. The highest BCUT2D eigenvalue weighted by atomic mass is 35.5. The quantitative estimate of drug-likeness (QED) is 0.563. The minimum absolute atomic E-state index is 0.00294. The lowest BCUT2D eigenvalue weighted by molar-refractivity contribution is 0.0953. The predicted molar refractivity (Wildman–Crippen MR) is 119 cm³/mol. The number of nitrogens with one attached hydrogen (secondary N) is 1. The third kappa shape index (κ3) is 4.19. The molecule has 1 aromatic heterocycles. The third-order valence-corrected chi connectivity index (χ3v) is 7.31. The molecule has 0 fully saturated rings. The van der Waals surface area contributed by atoms with E-state index in [4.69, 9.17) is 28.9 Å². The molecule has 0 aliphatic carbocycles. The smallest absolute Gasteiger partial charge is 0.268 e. The fraction of sp³-hybridized carbons (Fsp3) is 0.143. The van der Waals surface area contributed by atoms with Crippen LogP contribution < -0.4 is 11.1 Å². The van der Waals surface area contributed by atoms with Gasteiger partial charge in [-0.15, -0.1) is 0 Å². The highest BCUT2D eigenvalue weighted by Gasteiger charge is 2.35. The molecule has 0 saturated heterocycles. The molecule has 10 heteroatoms. The Morgan fingerprint density at radius 3 is 2.26 bits per heavy atom. The average molecular weight is 480 g/mol. The van der Waals surface area contributed by atoms with Crippen LogP contribution in [0.1, 0.15) is 32.1 Å². The lowest BCUT2D eigenvalue weighted by atomic mass is 10.2. The standard InChI is InChI=1S/C21H19Cl2N3O4S/c1-12-17(21(28)25-2)26(11-13-8-9-14(22)10-16(13)23)18(20(24)27)19(12)31(29,30)15-6-4-3-5-7-15/h3-10H,11H2,1-2H3,(H2,24,27)(H,25,28). The number of carbonyl (C=O) groups excluding carboxylic acids is 2. The van der Waals surface area contributed by atoms with Crippen molar-refractivity contribution in [1.29, 1.82) is 0 Å². The zero-order valence-electron chi connectivity index (χ0n) is 16.6. The van der Waals surface area contributed by atoms with Crippen molar-refractivity contribution < 1.29 is 18.0 Å². The van der Waals surface area contributed by atoms with Crippen LogP contribution in [-0.2, 0) is 16.4 Å². The van der Waals surface area contributed by atoms with E-state index in [0.717, 1.165) is 0 Å². The summed E-state index contributed by atoms with van der Waals surface area (Å²) < 4.78 is 28.1. The summed E-state index contributed by atoms with van der Waals surface area (Å²) in [5.74, 6) is -1.56. The molecule has 2 amide bonds. The van der Waals surface area contributed by atoms with Gasteiger partial charge in [-0.1, -0.05) is 47.5 Å². The topological polar surface area (TPSA) is 111 Å². The molecular formula is C21H19Cl2N3O4S. The fourth-order valence-electron chi connectivity index (χ4n) is 3.40. The number of sulfone groups is 1. The Morgan fingerprint density at radius 2 is 1.71 bits per heavy atom. The number of aromatic nitrogens is 1. The van der Waals surface area contributed by atoms with Gasteiger partial charge in [-0.3, -0.25) is 9.59 Å². The van der Waals surface area contributed by atoms with Crippen LogP contribution in [0.15, 0.2) is 58.3 Å². The number of primary amides is 1. The van der Waals surface area contributed by atoms with E-state index in [-0.39, 0.29) is 33.3 Å². The van der Waals surface area contributed by atoms with E-state index in [0.29, 0.717) is 15.6 Å². The van der Waals surface area contributed by atoms with Crippen molar-refractivity contribution in [3.63, 3.8) is 0 Å². The summed E-state index contributed by atoms with van der Waals surface area (Å²) >= 11 is 12.2. The van der Waals surface area contributed by atoms with Crippen molar-refractivity contribution >= 4 is 44.9 Å². The molecule has 0 aliphatic rings. The summed E-state index contributed by atoms with van der Waals surface area (Å²) in [5, 5.41) is 3.19. The highest BCUT2D eigenvalue weighted by molar-refractivity contribution is 7.91. The Bertz CT molecular complexity index is 1290. The van der Waals surface area contributed by atoms with E-state index in [9.17, 15) is 18.0 Å². The summed E-state index contributed by atoms with van der Waals surface area (Å²) in [7, 11) is -2.75. The van der Waals surface area contributed by atoms with Crippen molar-refractivity contribution in [2.24, 2.45) is 5.73 Å². The molecule has 2 aromatic carbocycles. The minimum Gasteiger partial charge on any atom is -0.364 e. The Hall–Kier alpha value is -2.81. The lowest BCUT2D eigenvalue weighted by Crippen LogP contribution is -2.26. The molecule has 3 aromatic rings. The molecule has 0 atom stereocenters. The molecule has 0 aliphatic heterocycles. The first-order chi connectivity index (χ1) is 14.6. The molecular weight excluding hydrogens is 461 g/mol. The molecule has 0 radical (unpaired) electrons. The van der Waals surface area contributed by atoms with Crippen molar-refractivity contribution in [3.05, 3.63) is 81.1 Å². The second-order valence-corrected chi connectivity index (χ2v) is 9.46. The zero-order valence-corrected chi connectivity index (χ0v) is 19.0. The van der Waals surface area contributed by atoms with E-state index in [1.54, 1.807) is 30.3 Å². The number of nitrogens with two attached hydrogens (primary N) is 1. The van der Waals surface area contributed by atoms with Crippen molar-refractivity contribution in [2.45, 2.75) is 23.3 Å². The largest absolute Gasteiger partial charge is 0.364 e. The van der Waals surface area contributed by atoms with Crippen LogP contribution in [-0.4, -0.2) is 31.8 Å². The number of amides is 2. The van der Waals surface area contributed by atoms with Gasteiger partial charge in [-0.2, -0.15) is 0 Å². The van der Waals surface area contributed by atoms with Gasteiger partial charge in [0, 0.05) is 17.1 Å². The van der Waals surface area contributed by atoms with Crippen molar-refractivity contribution in [1.82, 2.24) is 9.88 Å². The van der Waals surface area contributed by atoms with Gasteiger partial charge in [0.25, 0.3) is 11.8 Å². The second kappa shape index (κ2) is 8.74. The maximum atomic E-state index is 13.4. The number of hydrogen-bond acceptors (Lipinski definition) is 4. The van der Waals surface area contributed by atoms with E-state index in [1.165, 1.54) is 36.7 Å². The van der Waals surface area contributed by atoms with Gasteiger partial charge in [0.15, 0.2) is 0 Å². The van der Waals surface area contributed by atoms with Gasteiger partial charge < -0.3 is 15.6 Å². The maximum Gasteiger partial charge on any atom is 0.268 e. The number of carbonyl (C=O) groups is 2. The van der Waals surface area contributed by atoms with Crippen LogP contribution in [0.25, 0.3) is 0 Å². The third-order valence-electron chi connectivity index (χ3n) is 4.79. The molecule has 0 saturated carbocycles. The van der Waals surface area contributed by atoms with Gasteiger partial charge in [-0.25, -0.2) is 8.42 Å². The van der Waals surface area contributed by atoms with E-state index < -0.39 is 21.7 Å². The van der Waals surface area contributed by atoms with Crippen LogP contribution in [0.2, 0.25) is 10.0 Å². The van der Waals surface area contributed by atoms with Gasteiger partial charge in [-0.05, 0) is 42.3 Å². The molecule has 0 unspecified atom stereocenters. The van der Waals surface area contributed by atoms with Crippen LogP contribution >= 0.6 is 23.2 Å². The summed E-state index contributed by atoms with van der Waals surface area (Å²) in [6.07, 6.45) is 0. The first kappa shape index (κ1) is 22.9. The normalized spacial score (nSPS) is 11.4. The Morgan fingerprint density at radius 1 is 1.06 bits per heavy atom. The SMILES string of the molecule is CNC(=O)c1c(C)c(S(=O)(=O)c2ccccc2)c(C(N)=O)n1Cc1ccc(Cl)cc1Cl. The van der Waals surface area contributed by atoms with Crippen molar-refractivity contribution in [3.8, 4) is 0 Å². The number of nitrogens with zero attached hydrogens (tertiary/aromatic N) is 1. The number of hydrogen-bond donors (Lipinski definition) is 2. The summed E-state index contributed by atoms with van der Waals surface area (Å²) in [5.41, 5.74) is 5.96. The van der Waals surface area contributed by atoms with E-state index >= 15 is 0 Å². The maximum absolute atomic E-state index is 13.4. The molecule has 1 heterocycles. The summed E-state index contributed by atoms with van der Waals surface area (Å²) in [6.45, 7) is 1.40. The number of halogens is 2. The second-order valence-electron chi connectivity index (χ2n) is 6.73. The van der Waals surface area contributed by atoms with E-state index in [1.807, 2.05) is 0 Å².